The molecular weight excluding hydrogens is 311 g/mol. The lowest BCUT2D eigenvalue weighted by atomic mass is 10.1. The van der Waals surface area contributed by atoms with Crippen molar-refractivity contribution in [1.82, 2.24) is 15.1 Å². The van der Waals surface area contributed by atoms with E-state index in [1.807, 2.05) is 4.90 Å². The number of halogens is 3. The second-order valence-electron chi connectivity index (χ2n) is 6.24. The van der Waals surface area contributed by atoms with Gasteiger partial charge in [0, 0.05) is 51.8 Å². The highest BCUT2D eigenvalue weighted by Crippen LogP contribution is 2.15. The van der Waals surface area contributed by atoms with Crippen molar-refractivity contribution in [3.63, 3.8) is 0 Å². The van der Waals surface area contributed by atoms with Gasteiger partial charge in [-0.2, -0.15) is 13.2 Å². The molecule has 2 fully saturated rings. The van der Waals surface area contributed by atoms with Crippen LogP contribution in [0.3, 0.4) is 0 Å². The van der Waals surface area contributed by atoms with E-state index < -0.39 is 12.8 Å². The first kappa shape index (κ1) is 18.5. The average molecular weight is 337 g/mol. The lowest BCUT2D eigenvalue weighted by Crippen LogP contribution is -2.49. The summed E-state index contributed by atoms with van der Waals surface area (Å²) in [6.45, 7) is 3.62. The van der Waals surface area contributed by atoms with Gasteiger partial charge in [0.05, 0.1) is 0 Å². The van der Waals surface area contributed by atoms with Gasteiger partial charge < -0.3 is 15.0 Å². The van der Waals surface area contributed by atoms with Gasteiger partial charge in [-0.3, -0.25) is 9.69 Å². The van der Waals surface area contributed by atoms with Gasteiger partial charge in [-0.25, -0.2) is 0 Å². The van der Waals surface area contributed by atoms with Crippen LogP contribution >= 0.6 is 0 Å². The van der Waals surface area contributed by atoms with E-state index in [0.717, 1.165) is 32.5 Å². The van der Waals surface area contributed by atoms with E-state index in [1.165, 1.54) is 0 Å². The maximum atomic E-state index is 12.2. The van der Waals surface area contributed by atoms with Crippen molar-refractivity contribution >= 4 is 5.91 Å². The van der Waals surface area contributed by atoms with E-state index in [9.17, 15) is 18.0 Å². The first-order chi connectivity index (χ1) is 10.9. The normalized spacial score (nSPS) is 23.4. The minimum absolute atomic E-state index is 0.117. The van der Waals surface area contributed by atoms with Crippen LogP contribution in [0.2, 0.25) is 0 Å². The van der Waals surface area contributed by atoms with Crippen LogP contribution in [-0.2, 0) is 9.53 Å². The zero-order chi connectivity index (χ0) is 16.7. The molecule has 0 aromatic carbocycles. The number of hydrogen-bond acceptors (Lipinski definition) is 4. The number of carbonyl (C=O) groups is 1. The molecule has 1 amide bonds. The topological polar surface area (TPSA) is 44.8 Å². The largest absolute Gasteiger partial charge is 0.411 e. The summed E-state index contributed by atoms with van der Waals surface area (Å²) in [7, 11) is 0. The lowest BCUT2D eigenvalue weighted by molar-refractivity contribution is -0.174. The fourth-order valence-electron chi connectivity index (χ4n) is 3.07. The number of nitrogens with zero attached hydrogens (tertiary/aromatic N) is 2. The molecule has 0 saturated carbocycles. The number of piperazine rings is 1. The van der Waals surface area contributed by atoms with Crippen LogP contribution in [-0.4, -0.2) is 80.4 Å². The zero-order valence-electron chi connectivity index (χ0n) is 13.4. The molecule has 0 radical (unpaired) electrons. The molecule has 2 heterocycles. The van der Waals surface area contributed by atoms with Crippen molar-refractivity contribution in [2.45, 2.75) is 37.9 Å². The average Bonchev–Trinajstić information content (AvgIpc) is 2.99. The summed E-state index contributed by atoms with van der Waals surface area (Å²) in [6.07, 6.45) is -0.882. The molecule has 0 aromatic rings. The molecule has 0 aliphatic carbocycles. The zero-order valence-corrected chi connectivity index (χ0v) is 13.4. The number of hydrogen-bond donors (Lipinski definition) is 1. The fourth-order valence-corrected chi connectivity index (χ4v) is 3.07. The first-order valence-electron chi connectivity index (χ1n) is 8.32. The van der Waals surface area contributed by atoms with Crippen LogP contribution in [0.1, 0.15) is 25.7 Å². The van der Waals surface area contributed by atoms with Crippen LogP contribution < -0.4 is 5.32 Å². The number of rotatable bonds is 7. The Morgan fingerprint density at radius 1 is 1.22 bits per heavy atom. The van der Waals surface area contributed by atoms with Crippen molar-refractivity contribution in [3.8, 4) is 0 Å². The number of carbonyl (C=O) groups excluding carboxylic acids is 1. The van der Waals surface area contributed by atoms with E-state index >= 15 is 0 Å². The van der Waals surface area contributed by atoms with Gasteiger partial charge in [0.15, 0.2) is 0 Å². The van der Waals surface area contributed by atoms with Gasteiger partial charge in [0.2, 0.25) is 5.91 Å². The van der Waals surface area contributed by atoms with Crippen molar-refractivity contribution in [1.29, 1.82) is 0 Å². The molecule has 0 spiro atoms. The Hall–Kier alpha value is -0.860. The highest BCUT2D eigenvalue weighted by molar-refractivity contribution is 5.77. The van der Waals surface area contributed by atoms with Crippen molar-refractivity contribution in [2.75, 3.05) is 52.5 Å². The molecule has 2 aliphatic rings. The molecule has 2 saturated heterocycles. The Bertz CT molecular complexity index is 365. The van der Waals surface area contributed by atoms with E-state index in [0.29, 0.717) is 38.5 Å². The molecule has 134 valence electrons. The number of amides is 1. The summed E-state index contributed by atoms with van der Waals surface area (Å²) < 4.78 is 40.4. The SMILES string of the molecule is O=C(CC1CCCN1)N1CCN(CCCOCC(F)(F)F)CC1. The fraction of sp³-hybridized carbons (Fsp3) is 0.933. The van der Waals surface area contributed by atoms with Crippen molar-refractivity contribution < 1.29 is 22.7 Å². The molecular formula is C15H26F3N3O2. The Labute approximate surface area is 135 Å². The third-order valence-corrected chi connectivity index (χ3v) is 4.34. The second kappa shape index (κ2) is 8.84. The van der Waals surface area contributed by atoms with Crippen molar-refractivity contribution in [2.24, 2.45) is 0 Å². The molecule has 1 N–H and O–H groups in total. The van der Waals surface area contributed by atoms with Gasteiger partial charge >= 0.3 is 6.18 Å². The van der Waals surface area contributed by atoms with E-state index in [-0.39, 0.29) is 12.5 Å². The number of ether oxygens (including phenoxy) is 1. The lowest BCUT2D eigenvalue weighted by Gasteiger charge is -2.35. The first-order valence-corrected chi connectivity index (χ1v) is 8.32. The second-order valence-corrected chi connectivity index (χ2v) is 6.24. The van der Waals surface area contributed by atoms with Gasteiger partial charge in [0.25, 0.3) is 0 Å². The van der Waals surface area contributed by atoms with Gasteiger partial charge in [-0.1, -0.05) is 0 Å². The minimum atomic E-state index is -4.25. The molecule has 0 aromatic heterocycles. The molecule has 1 atom stereocenters. The monoisotopic (exact) mass is 337 g/mol. The molecule has 2 rings (SSSR count). The molecule has 5 nitrogen and oxygen atoms in total. The summed E-state index contributed by atoms with van der Waals surface area (Å²) in [4.78, 5) is 16.3. The van der Waals surface area contributed by atoms with Gasteiger partial charge in [-0.15, -0.1) is 0 Å². The summed E-state index contributed by atoms with van der Waals surface area (Å²) in [6, 6.07) is 0.325. The summed E-state index contributed by atoms with van der Waals surface area (Å²) in [5.41, 5.74) is 0. The Morgan fingerprint density at radius 2 is 1.96 bits per heavy atom. The Morgan fingerprint density at radius 3 is 2.57 bits per heavy atom. The van der Waals surface area contributed by atoms with E-state index in [2.05, 4.69) is 15.0 Å². The quantitative estimate of drug-likeness (QED) is 0.710. The highest BCUT2D eigenvalue weighted by Gasteiger charge is 2.27. The van der Waals surface area contributed by atoms with Crippen LogP contribution in [0.15, 0.2) is 0 Å². The van der Waals surface area contributed by atoms with Crippen LogP contribution in [0.25, 0.3) is 0 Å². The molecule has 8 heteroatoms. The third kappa shape index (κ3) is 7.05. The summed E-state index contributed by atoms with van der Waals surface area (Å²) >= 11 is 0. The molecule has 23 heavy (non-hydrogen) atoms. The number of alkyl halides is 3. The maximum absolute atomic E-state index is 12.2. The summed E-state index contributed by atoms with van der Waals surface area (Å²) in [5, 5.41) is 3.33. The van der Waals surface area contributed by atoms with Gasteiger partial charge in [0.1, 0.15) is 6.61 Å². The van der Waals surface area contributed by atoms with Crippen LogP contribution in [0, 0.1) is 0 Å². The van der Waals surface area contributed by atoms with Crippen LogP contribution in [0.4, 0.5) is 13.2 Å². The molecule has 0 bridgehead atoms. The van der Waals surface area contributed by atoms with Crippen LogP contribution in [0.5, 0.6) is 0 Å². The highest BCUT2D eigenvalue weighted by atomic mass is 19.4. The predicted octanol–water partition coefficient (Wildman–Crippen LogP) is 1.24. The smallest absolute Gasteiger partial charge is 0.372 e. The third-order valence-electron chi connectivity index (χ3n) is 4.34. The predicted molar refractivity (Wildman–Crippen MR) is 80.2 cm³/mol. The standard InChI is InChI=1S/C15H26F3N3O2/c16-15(17,18)12-23-10-2-5-20-6-8-21(9-7-20)14(22)11-13-3-1-4-19-13/h13,19H,1-12H2. The van der Waals surface area contributed by atoms with Gasteiger partial charge in [-0.05, 0) is 25.8 Å². The van der Waals surface area contributed by atoms with E-state index in [4.69, 9.17) is 0 Å². The molecule has 1 unspecified atom stereocenters. The van der Waals surface area contributed by atoms with E-state index in [1.54, 1.807) is 0 Å². The molecule has 2 aliphatic heterocycles. The Balaban J connectivity index is 1.54. The minimum Gasteiger partial charge on any atom is -0.372 e. The maximum Gasteiger partial charge on any atom is 0.411 e. The number of nitrogens with one attached hydrogen (secondary N) is 1. The van der Waals surface area contributed by atoms with Crippen molar-refractivity contribution in [3.05, 3.63) is 0 Å². The Kier molecular flexibility index (Phi) is 7.10. The summed E-state index contributed by atoms with van der Waals surface area (Å²) in [5.74, 6) is 0.206.